The fraction of sp³-hybridized carbons (Fsp3) is 0.222. The van der Waals surface area contributed by atoms with Crippen LogP contribution in [0.25, 0.3) is 5.57 Å². The van der Waals surface area contributed by atoms with Crippen LogP contribution in [0.4, 0.5) is 0 Å². The lowest BCUT2D eigenvalue weighted by Crippen LogP contribution is -1.95. The number of hydrogen-bond acceptors (Lipinski definition) is 0. The van der Waals surface area contributed by atoms with Crippen molar-refractivity contribution in [1.82, 2.24) is 0 Å². The first-order chi connectivity index (χ1) is 9.08. The Labute approximate surface area is 123 Å². The smallest absolute Gasteiger partial charge is 0.0216 e. The number of fused-ring (bicyclic) bond motifs is 1. The highest BCUT2D eigenvalue weighted by Gasteiger charge is 2.20. The van der Waals surface area contributed by atoms with E-state index >= 15 is 0 Å². The van der Waals surface area contributed by atoms with Gasteiger partial charge in [-0.05, 0) is 66.6 Å². The third-order valence-corrected chi connectivity index (χ3v) is 4.61. The number of rotatable bonds is 1. The van der Waals surface area contributed by atoms with E-state index in [1.54, 1.807) is 0 Å². The van der Waals surface area contributed by atoms with Gasteiger partial charge in [-0.2, -0.15) is 0 Å². The lowest BCUT2D eigenvalue weighted by molar-refractivity contribution is 1.28. The Bertz CT molecular complexity index is 670. The Morgan fingerprint density at radius 1 is 1.00 bits per heavy atom. The van der Waals surface area contributed by atoms with Crippen molar-refractivity contribution in [2.45, 2.75) is 27.2 Å². The van der Waals surface area contributed by atoms with Crippen molar-refractivity contribution in [3.05, 3.63) is 74.3 Å². The Balaban J connectivity index is 2.20. The van der Waals surface area contributed by atoms with Gasteiger partial charge in [-0.3, -0.25) is 0 Å². The molecule has 0 spiro atoms. The van der Waals surface area contributed by atoms with Gasteiger partial charge in [0.1, 0.15) is 0 Å². The van der Waals surface area contributed by atoms with E-state index in [0.29, 0.717) is 0 Å². The number of aryl methyl sites for hydroxylation is 3. The van der Waals surface area contributed by atoms with Gasteiger partial charge < -0.3 is 0 Å². The van der Waals surface area contributed by atoms with E-state index in [0.717, 1.165) is 6.42 Å². The van der Waals surface area contributed by atoms with Crippen molar-refractivity contribution in [1.29, 1.82) is 0 Å². The van der Waals surface area contributed by atoms with E-state index in [1.807, 2.05) is 0 Å². The molecule has 0 saturated heterocycles. The molecule has 0 amide bonds. The normalized spacial score (nSPS) is 13.4. The molecule has 2 aromatic carbocycles. The Morgan fingerprint density at radius 3 is 2.37 bits per heavy atom. The predicted octanol–water partition coefficient (Wildman–Crippen LogP) is 5.36. The van der Waals surface area contributed by atoms with E-state index in [9.17, 15) is 0 Å². The standard InChI is InChI=1S/C18H17Br/c1-11-9-12(2)18(13(3)10-11)16-8-7-15-14(16)5-4-6-17(15)19/h4-6,8-10H,7H2,1-3H3. The zero-order valence-corrected chi connectivity index (χ0v) is 13.1. The maximum absolute atomic E-state index is 3.66. The molecule has 0 heterocycles. The third-order valence-electron chi connectivity index (χ3n) is 3.87. The van der Waals surface area contributed by atoms with Crippen LogP contribution in [0.2, 0.25) is 0 Å². The van der Waals surface area contributed by atoms with Gasteiger partial charge in [-0.25, -0.2) is 0 Å². The van der Waals surface area contributed by atoms with Crippen LogP contribution in [0, 0.1) is 20.8 Å². The first kappa shape index (κ1) is 12.7. The van der Waals surface area contributed by atoms with Crippen LogP contribution in [-0.4, -0.2) is 0 Å². The Kier molecular flexibility index (Phi) is 3.10. The zero-order chi connectivity index (χ0) is 13.6. The van der Waals surface area contributed by atoms with E-state index < -0.39 is 0 Å². The van der Waals surface area contributed by atoms with E-state index in [2.05, 4.69) is 73.1 Å². The summed E-state index contributed by atoms with van der Waals surface area (Å²) in [5, 5.41) is 0. The maximum Gasteiger partial charge on any atom is 0.0216 e. The number of allylic oxidation sites excluding steroid dienone is 1. The largest absolute Gasteiger partial charge is 0.0716 e. The maximum atomic E-state index is 3.66. The highest BCUT2D eigenvalue weighted by atomic mass is 79.9. The fourth-order valence-electron chi connectivity index (χ4n) is 3.17. The SMILES string of the molecule is Cc1cc(C)c(C2=CCc3c(Br)cccc32)c(C)c1. The molecule has 1 heteroatoms. The summed E-state index contributed by atoms with van der Waals surface area (Å²) in [7, 11) is 0. The van der Waals surface area contributed by atoms with E-state index in [-0.39, 0.29) is 0 Å². The Morgan fingerprint density at radius 2 is 1.68 bits per heavy atom. The Hall–Kier alpha value is -1.34. The molecule has 0 radical (unpaired) electrons. The molecular weight excluding hydrogens is 296 g/mol. The van der Waals surface area contributed by atoms with Crippen molar-refractivity contribution in [2.24, 2.45) is 0 Å². The topological polar surface area (TPSA) is 0 Å². The van der Waals surface area contributed by atoms with Gasteiger partial charge in [0.25, 0.3) is 0 Å². The minimum atomic E-state index is 1.03. The molecule has 0 N–H and O–H groups in total. The van der Waals surface area contributed by atoms with Crippen LogP contribution in [0.3, 0.4) is 0 Å². The molecule has 19 heavy (non-hydrogen) atoms. The summed E-state index contributed by atoms with van der Waals surface area (Å²) in [6, 6.07) is 11.0. The van der Waals surface area contributed by atoms with Crippen LogP contribution in [-0.2, 0) is 6.42 Å². The quantitative estimate of drug-likeness (QED) is 0.664. The van der Waals surface area contributed by atoms with Crippen molar-refractivity contribution >= 4 is 21.5 Å². The van der Waals surface area contributed by atoms with Crippen molar-refractivity contribution in [2.75, 3.05) is 0 Å². The molecule has 96 valence electrons. The minimum absolute atomic E-state index is 1.03. The summed E-state index contributed by atoms with van der Waals surface area (Å²) in [5.74, 6) is 0. The summed E-state index contributed by atoms with van der Waals surface area (Å²) in [6.07, 6.45) is 3.39. The molecular formula is C18H17Br. The minimum Gasteiger partial charge on any atom is -0.0716 e. The van der Waals surface area contributed by atoms with Crippen LogP contribution in [0.5, 0.6) is 0 Å². The second-order valence-corrected chi connectivity index (χ2v) is 6.22. The van der Waals surface area contributed by atoms with Gasteiger partial charge in [0, 0.05) is 4.47 Å². The van der Waals surface area contributed by atoms with Crippen molar-refractivity contribution < 1.29 is 0 Å². The van der Waals surface area contributed by atoms with Gasteiger partial charge in [-0.1, -0.05) is 51.8 Å². The van der Waals surface area contributed by atoms with Gasteiger partial charge in [-0.15, -0.1) is 0 Å². The molecule has 0 fully saturated rings. The summed E-state index contributed by atoms with van der Waals surface area (Å²) in [4.78, 5) is 0. The molecule has 1 aliphatic rings. The lowest BCUT2D eigenvalue weighted by Gasteiger charge is -2.14. The second kappa shape index (κ2) is 4.64. The molecule has 0 atom stereocenters. The van der Waals surface area contributed by atoms with Crippen LogP contribution < -0.4 is 0 Å². The molecule has 0 nitrogen and oxygen atoms in total. The molecule has 0 bridgehead atoms. The average molecular weight is 313 g/mol. The van der Waals surface area contributed by atoms with Gasteiger partial charge in [0.2, 0.25) is 0 Å². The van der Waals surface area contributed by atoms with Gasteiger partial charge >= 0.3 is 0 Å². The van der Waals surface area contributed by atoms with Gasteiger partial charge in [0.15, 0.2) is 0 Å². The number of halogens is 1. The van der Waals surface area contributed by atoms with Crippen LogP contribution >= 0.6 is 15.9 Å². The summed E-state index contributed by atoms with van der Waals surface area (Å²) in [5.41, 5.74) is 9.68. The molecule has 0 aliphatic heterocycles. The predicted molar refractivity (Wildman–Crippen MR) is 85.6 cm³/mol. The number of benzene rings is 2. The highest BCUT2D eigenvalue weighted by Crippen LogP contribution is 2.38. The van der Waals surface area contributed by atoms with Gasteiger partial charge in [0.05, 0.1) is 0 Å². The van der Waals surface area contributed by atoms with E-state index in [4.69, 9.17) is 0 Å². The molecule has 0 aromatic heterocycles. The van der Waals surface area contributed by atoms with Crippen molar-refractivity contribution in [3.63, 3.8) is 0 Å². The van der Waals surface area contributed by atoms with Crippen LogP contribution in [0.1, 0.15) is 33.4 Å². The molecule has 1 aliphatic carbocycles. The first-order valence-corrected chi connectivity index (χ1v) is 7.43. The fourth-order valence-corrected chi connectivity index (χ4v) is 3.70. The highest BCUT2D eigenvalue weighted by molar-refractivity contribution is 9.10. The first-order valence-electron chi connectivity index (χ1n) is 6.64. The lowest BCUT2D eigenvalue weighted by atomic mass is 9.91. The third kappa shape index (κ3) is 2.06. The van der Waals surface area contributed by atoms with Crippen molar-refractivity contribution in [3.8, 4) is 0 Å². The second-order valence-electron chi connectivity index (χ2n) is 5.36. The number of hydrogen-bond donors (Lipinski definition) is 0. The molecule has 0 unspecified atom stereocenters. The monoisotopic (exact) mass is 312 g/mol. The average Bonchev–Trinajstić information content (AvgIpc) is 2.73. The molecule has 3 rings (SSSR count). The summed E-state index contributed by atoms with van der Waals surface area (Å²) >= 11 is 3.66. The molecule has 2 aromatic rings. The zero-order valence-electron chi connectivity index (χ0n) is 11.5. The van der Waals surface area contributed by atoms with Crippen LogP contribution in [0.15, 0.2) is 40.9 Å². The summed E-state index contributed by atoms with van der Waals surface area (Å²) in [6.45, 7) is 6.59. The van der Waals surface area contributed by atoms with E-state index in [1.165, 1.54) is 43.4 Å². The molecule has 0 saturated carbocycles. The summed E-state index contributed by atoms with van der Waals surface area (Å²) < 4.78 is 1.22.